The molecule has 32 heavy (non-hydrogen) atoms. The summed E-state index contributed by atoms with van der Waals surface area (Å²) in [6, 6.07) is 5.49. The van der Waals surface area contributed by atoms with Crippen LogP contribution in [0, 0.1) is 5.82 Å². The van der Waals surface area contributed by atoms with Crippen molar-refractivity contribution in [2.45, 2.75) is 26.3 Å². The van der Waals surface area contributed by atoms with Crippen LogP contribution in [0.1, 0.15) is 45.3 Å². The molecule has 4 rings (SSSR count). The van der Waals surface area contributed by atoms with E-state index in [9.17, 15) is 18.8 Å². The van der Waals surface area contributed by atoms with Crippen molar-refractivity contribution in [2.75, 3.05) is 13.1 Å². The lowest BCUT2D eigenvalue weighted by Gasteiger charge is -2.30. The van der Waals surface area contributed by atoms with Crippen molar-refractivity contribution < 1.29 is 14.0 Å². The maximum Gasteiger partial charge on any atom is 0.272 e. The third kappa shape index (κ3) is 3.93. The molecule has 166 valence electrons. The molecule has 0 saturated carbocycles. The summed E-state index contributed by atoms with van der Waals surface area (Å²) in [5.41, 5.74) is 1.87. The molecule has 3 aromatic rings. The van der Waals surface area contributed by atoms with Crippen molar-refractivity contribution in [3.8, 4) is 5.69 Å². The van der Waals surface area contributed by atoms with Gasteiger partial charge in [0.1, 0.15) is 17.1 Å². The van der Waals surface area contributed by atoms with Gasteiger partial charge in [0.25, 0.3) is 17.4 Å². The number of hydrogen-bond donors (Lipinski definition) is 1. The Kier molecular flexibility index (Phi) is 5.89. The van der Waals surface area contributed by atoms with Crippen LogP contribution in [-0.4, -0.2) is 43.9 Å². The lowest BCUT2D eigenvalue weighted by molar-refractivity contribution is 0.0724. The zero-order chi connectivity index (χ0) is 22.8. The number of fused-ring (bicyclic) bond motifs is 1. The topological polar surface area (TPSA) is 89.2 Å². The number of aromatic nitrogens is 3. The number of amides is 2. The molecule has 0 bridgehead atoms. The van der Waals surface area contributed by atoms with Crippen LogP contribution < -0.4 is 10.9 Å². The van der Waals surface area contributed by atoms with Crippen LogP contribution in [0.3, 0.4) is 0 Å². The van der Waals surface area contributed by atoms with Gasteiger partial charge in [-0.15, -0.1) is 0 Å². The monoisotopic (exact) mass is 437 g/mol. The van der Waals surface area contributed by atoms with Gasteiger partial charge in [-0.3, -0.25) is 19.0 Å². The summed E-state index contributed by atoms with van der Waals surface area (Å²) in [5.74, 6) is -1.03. The SMILES string of the molecule is CCCNC(=O)c1c2c(cn(-c3ccc(F)cc3)c1=O)CN(C(=O)c1cncn1C)CC2. The van der Waals surface area contributed by atoms with Crippen molar-refractivity contribution in [3.63, 3.8) is 0 Å². The van der Waals surface area contributed by atoms with Gasteiger partial charge in [0.2, 0.25) is 0 Å². The second-order valence-corrected chi connectivity index (χ2v) is 7.78. The number of nitrogens with one attached hydrogen (secondary N) is 1. The van der Waals surface area contributed by atoms with Crippen LogP contribution in [0.15, 0.2) is 47.8 Å². The van der Waals surface area contributed by atoms with Crippen molar-refractivity contribution >= 4 is 11.8 Å². The van der Waals surface area contributed by atoms with Gasteiger partial charge >= 0.3 is 0 Å². The molecule has 0 aliphatic carbocycles. The van der Waals surface area contributed by atoms with Crippen LogP contribution in [0.5, 0.6) is 0 Å². The molecule has 1 aliphatic heterocycles. The second kappa shape index (κ2) is 8.78. The quantitative estimate of drug-likeness (QED) is 0.662. The van der Waals surface area contributed by atoms with Gasteiger partial charge in [0, 0.05) is 38.6 Å². The molecule has 0 fully saturated rings. The van der Waals surface area contributed by atoms with E-state index < -0.39 is 17.3 Å². The molecule has 0 saturated heterocycles. The van der Waals surface area contributed by atoms with Gasteiger partial charge in [-0.2, -0.15) is 0 Å². The van der Waals surface area contributed by atoms with Gasteiger partial charge in [0.05, 0.1) is 12.5 Å². The van der Waals surface area contributed by atoms with E-state index in [4.69, 9.17) is 0 Å². The molecule has 2 amide bonds. The molecule has 8 nitrogen and oxygen atoms in total. The number of hydrogen-bond acceptors (Lipinski definition) is 4. The number of pyridine rings is 1. The number of benzene rings is 1. The number of carbonyl (C=O) groups excluding carboxylic acids is 2. The summed E-state index contributed by atoms with van der Waals surface area (Å²) in [4.78, 5) is 44.9. The highest BCUT2D eigenvalue weighted by Gasteiger charge is 2.29. The van der Waals surface area contributed by atoms with Crippen molar-refractivity contribution in [1.29, 1.82) is 0 Å². The molecule has 1 aromatic carbocycles. The summed E-state index contributed by atoms with van der Waals surface area (Å²) in [6.07, 6.45) is 5.84. The Morgan fingerprint density at radius 2 is 1.97 bits per heavy atom. The first-order valence-corrected chi connectivity index (χ1v) is 10.5. The van der Waals surface area contributed by atoms with Gasteiger partial charge in [-0.05, 0) is 48.2 Å². The average Bonchev–Trinajstić information content (AvgIpc) is 3.22. The van der Waals surface area contributed by atoms with Crippen LogP contribution in [0.2, 0.25) is 0 Å². The predicted molar refractivity (Wildman–Crippen MR) is 116 cm³/mol. The van der Waals surface area contributed by atoms with E-state index >= 15 is 0 Å². The zero-order valence-corrected chi connectivity index (χ0v) is 18.0. The third-order valence-electron chi connectivity index (χ3n) is 5.59. The summed E-state index contributed by atoms with van der Waals surface area (Å²) in [7, 11) is 1.75. The molecule has 9 heteroatoms. The smallest absolute Gasteiger partial charge is 0.272 e. The molecule has 3 heterocycles. The molecule has 0 radical (unpaired) electrons. The highest BCUT2D eigenvalue weighted by molar-refractivity contribution is 5.96. The number of nitrogens with zero attached hydrogens (tertiary/aromatic N) is 4. The van der Waals surface area contributed by atoms with Crippen LogP contribution >= 0.6 is 0 Å². The van der Waals surface area contributed by atoms with Crippen molar-refractivity contribution in [1.82, 2.24) is 24.3 Å². The molecule has 0 atom stereocenters. The Balaban J connectivity index is 1.79. The van der Waals surface area contributed by atoms with E-state index in [0.717, 1.165) is 6.42 Å². The maximum atomic E-state index is 13.4. The van der Waals surface area contributed by atoms with E-state index in [0.29, 0.717) is 42.0 Å². The average molecular weight is 437 g/mol. The Bertz CT molecular complexity index is 1230. The number of halogens is 1. The lowest BCUT2D eigenvalue weighted by atomic mass is 9.95. The fourth-order valence-corrected chi connectivity index (χ4v) is 3.91. The first-order valence-electron chi connectivity index (χ1n) is 10.5. The lowest BCUT2D eigenvalue weighted by Crippen LogP contribution is -2.41. The molecule has 1 N–H and O–H groups in total. The largest absolute Gasteiger partial charge is 0.352 e. The van der Waals surface area contributed by atoms with E-state index in [1.807, 2.05) is 6.92 Å². The highest BCUT2D eigenvalue weighted by atomic mass is 19.1. The fourth-order valence-electron chi connectivity index (χ4n) is 3.91. The first kappa shape index (κ1) is 21.5. The van der Waals surface area contributed by atoms with Gasteiger partial charge in [-0.25, -0.2) is 9.37 Å². The minimum absolute atomic E-state index is 0.0768. The van der Waals surface area contributed by atoms with Crippen molar-refractivity contribution in [3.05, 3.63) is 81.5 Å². The summed E-state index contributed by atoms with van der Waals surface area (Å²) >= 11 is 0. The van der Waals surface area contributed by atoms with Gasteiger partial charge in [-0.1, -0.05) is 6.92 Å². The van der Waals surface area contributed by atoms with E-state index in [2.05, 4.69) is 10.3 Å². The minimum atomic E-state index is -0.463. The van der Waals surface area contributed by atoms with Crippen LogP contribution in [-0.2, 0) is 20.0 Å². The zero-order valence-electron chi connectivity index (χ0n) is 18.0. The first-order chi connectivity index (χ1) is 15.4. The standard InChI is InChI=1S/C23H24FN5O3/c1-3-9-26-21(30)20-18-8-10-28(22(31)19-11-25-14-27(19)2)12-15(18)13-29(23(20)32)17-6-4-16(24)5-7-17/h4-7,11,13-14H,3,8-10,12H2,1-2H3,(H,26,30). The number of carbonyl (C=O) groups is 2. The number of imidazole rings is 1. The van der Waals surface area contributed by atoms with Crippen molar-refractivity contribution in [2.24, 2.45) is 7.05 Å². The van der Waals surface area contributed by atoms with Gasteiger partial charge in [0.15, 0.2) is 0 Å². The van der Waals surface area contributed by atoms with Gasteiger partial charge < -0.3 is 14.8 Å². The summed E-state index contributed by atoms with van der Waals surface area (Å²) < 4.78 is 16.4. The third-order valence-corrected chi connectivity index (χ3v) is 5.59. The summed E-state index contributed by atoms with van der Waals surface area (Å²) in [6.45, 7) is 3.00. The van der Waals surface area contributed by atoms with Crippen LogP contribution in [0.4, 0.5) is 4.39 Å². The normalized spacial score (nSPS) is 13.0. The molecule has 0 spiro atoms. The van der Waals surface area contributed by atoms with E-state index in [-0.39, 0.29) is 18.0 Å². The molecular formula is C23H24FN5O3. The minimum Gasteiger partial charge on any atom is -0.352 e. The Hall–Kier alpha value is -3.75. The maximum absolute atomic E-state index is 13.4. The second-order valence-electron chi connectivity index (χ2n) is 7.78. The molecule has 1 aliphatic rings. The molecular weight excluding hydrogens is 413 g/mol. The molecule has 0 unspecified atom stereocenters. The predicted octanol–water partition coefficient (Wildman–Crippen LogP) is 2.05. The van der Waals surface area contributed by atoms with E-state index in [1.165, 1.54) is 35.0 Å². The molecule has 2 aromatic heterocycles. The fraction of sp³-hybridized carbons (Fsp3) is 0.304. The Labute approximate surface area is 184 Å². The van der Waals surface area contributed by atoms with E-state index in [1.54, 1.807) is 29.0 Å². The Morgan fingerprint density at radius 1 is 1.22 bits per heavy atom. The summed E-state index contributed by atoms with van der Waals surface area (Å²) in [5, 5.41) is 2.79. The number of aryl methyl sites for hydroxylation is 1. The highest BCUT2D eigenvalue weighted by Crippen LogP contribution is 2.23. The Morgan fingerprint density at radius 3 is 2.62 bits per heavy atom. The van der Waals surface area contributed by atoms with Crippen LogP contribution in [0.25, 0.3) is 5.69 Å². The number of rotatable bonds is 5.